The van der Waals surface area contributed by atoms with Crippen LogP contribution in [0.3, 0.4) is 0 Å². The Morgan fingerprint density at radius 3 is 2.30 bits per heavy atom. The molecule has 226 valence electrons. The van der Waals surface area contributed by atoms with Crippen LogP contribution in [-0.2, 0) is 15.8 Å². The Labute approximate surface area is 246 Å². The third-order valence-corrected chi connectivity index (χ3v) is 6.74. The number of piperazine rings is 1. The smallest absolute Gasteiger partial charge is 0.368 e. The van der Waals surface area contributed by atoms with E-state index in [4.69, 9.17) is 0 Å². The second-order valence-electron chi connectivity index (χ2n) is 9.62. The van der Waals surface area contributed by atoms with Gasteiger partial charge in [0, 0.05) is 50.8 Å². The van der Waals surface area contributed by atoms with Crippen molar-refractivity contribution in [1.82, 2.24) is 25.5 Å². The number of rotatable bonds is 9. The lowest BCUT2D eigenvalue weighted by atomic mass is 10.1. The van der Waals surface area contributed by atoms with Crippen molar-refractivity contribution in [3.05, 3.63) is 78.5 Å². The summed E-state index contributed by atoms with van der Waals surface area (Å²) in [5, 5.41) is 10.6. The van der Waals surface area contributed by atoms with Crippen molar-refractivity contribution in [1.29, 1.82) is 0 Å². The number of anilines is 5. The zero-order valence-electron chi connectivity index (χ0n) is 23.5. The largest absolute Gasteiger partial charge is 0.421 e. The molecule has 0 bridgehead atoms. The lowest BCUT2D eigenvalue weighted by molar-refractivity contribution is -0.137. The van der Waals surface area contributed by atoms with Gasteiger partial charge in [-0.15, -0.1) is 0 Å². The first-order valence-corrected chi connectivity index (χ1v) is 13.4. The molecule has 3 aromatic rings. The fraction of sp³-hybridized carbons (Fsp3) is 0.276. The maximum atomic E-state index is 13.8. The molecule has 3 amide bonds. The van der Waals surface area contributed by atoms with Crippen LogP contribution in [0.1, 0.15) is 22.8 Å². The highest BCUT2D eigenvalue weighted by molar-refractivity contribution is 6.00. The highest BCUT2D eigenvalue weighted by atomic mass is 19.4. The number of hydrogen-bond donors (Lipinski definition) is 4. The van der Waals surface area contributed by atoms with Crippen LogP contribution in [0, 0.1) is 0 Å². The Balaban J connectivity index is 1.44. The average Bonchev–Trinajstić information content (AvgIpc) is 3.00. The molecular weight excluding hydrogens is 565 g/mol. The van der Waals surface area contributed by atoms with Gasteiger partial charge in [-0.3, -0.25) is 14.4 Å². The minimum absolute atomic E-state index is 0.0783. The molecule has 2 aromatic carbocycles. The summed E-state index contributed by atoms with van der Waals surface area (Å²) in [5.74, 6) is -1.64. The van der Waals surface area contributed by atoms with Crippen LogP contribution in [0.4, 0.5) is 42.0 Å². The minimum Gasteiger partial charge on any atom is -0.368 e. The molecule has 14 heteroatoms. The van der Waals surface area contributed by atoms with E-state index in [0.717, 1.165) is 11.8 Å². The minimum atomic E-state index is -4.74. The van der Waals surface area contributed by atoms with Gasteiger partial charge in [0.2, 0.25) is 17.8 Å². The number of alkyl halides is 3. The summed E-state index contributed by atoms with van der Waals surface area (Å²) >= 11 is 0. The van der Waals surface area contributed by atoms with E-state index in [2.05, 4.69) is 42.7 Å². The summed E-state index contributed by atoms with van der Waals surface area (Å²) < 4.78 is 41.3. The highest BCUT2D eigenvalue weighted by Gasteiger charge is 2.35. The van der Waals surface area contributed by atoms with Crippen molar-refractivity contribution < 1.29 is 27.6 Å². The summed E-state index contributed by atoms with van der Waals surface area (Å²) in [6.07, 6.45) is -2.94. The van der Waals surface area contributed by atoms with Crippen LogP contribution in [0.25, 0.3) is 0 Å². The Hall–Kier alpha value is -5.14. The van der Waals surface area contributed by atoms with E-state index >= 15 is 0 Å². The first-order valence-electron chi connectivity index (χ1n) is 13.4. The summed E-state index contributed by atoms with van der Waals surface area (Å²) in [4.78, 5) is 48.1. The predicted molar refractivity (Wildman–Crippen MR) is 156 cm³/mol. The van der Waals surface area contributed by atoms with Gasteiger partial charge in [0.05, 0.1) is 11.3 Å². The van der Waals surface area contributed by atoms with Crippen LogP contribution in [0.15, 0.2) is 67.4 Å². The molecule has 1 aliphatic heterocycles. The molecule has 1 aliphatic rings. The van der Waals surface area contributed by atoms with Crippen LogP contribution in [0.5, 0.6) is 0 Å². The SMILES string of the molecule is C=CC(=O)NC(C)C(=O)N1CCN(c2ccc(Nc3ncc(C(F)(F)F)c(Nc4ccccc4C(=O)NC)n3)cc2)CC1. The van der Waals surface area contributed by atoms with Crippen molar-refractivity contribution in [3.8, 4) is 0 Å². The highest BCUT2D eigenvalue weighted by Crippen LogP contribution is 2.36. The number of para-hydroxylation sites is 1. The van der Waals surface area contributed by atoms with Crippen molar-refractivity contribution >= 4 is 46.5 Å². The van der Waals surface area contributed by atoms with Crippen LogP contribution >= 0.6 is 0 Å². The van der Waals surface area contributed by atoms with Crippen LogP contribution < -0.4 is 26.2 Å². The molecule has 0 spiro atoms. The molecule has 4 N–H and O–H groups in total. The zero-order chi connectivity index (χ0) is 31.1. The first kappa shape index (κ1) is 30.8. The number of aromatic nitrogens is 2. The van der Waals surface area contributed by atoms with Gasteiger partial charge in [-0.25, -0.2) is 4.98 Å². The van der Waals surface area contributed by atoms with Gasteiger partial charge in [0.25, 0.3) is 5.91 Å². The molecule has 1 fully saturated rings. The third-order valence-electron chi connectivity index (χ3n) is 6.74. The number of nitrogens with one attached hydrogen (secondary N) is 4. The van der Waals surface area contributed by atoms with E-state index in [1.165, 1.54) is 19.2 Å². The summed E-state index contributed by atoms with van der Waals surface area (Å²) in [5.41, 5.74) is 0.656. The van der Waals surface area contributed by atoms with Crippen molar-refractivity contribution in [3.63, 3.8) is 0 Å². The molecule has 1 saturated heterocycles. The van der Waals surface area contributed by atoms with Gasteiger partial charge in [0.1, 0.15) is 17.4 Å². The standard InChI is InChI=1S/C29H31F3N8O3/c1-4-24(41)35-18(2)27(43)40-15-13-39(14-16-40)20-11-9-19(10-12-20)36-28-34-17-22(29(30,31)32)25(38-28)37-23-8-6-5-7-21(23)26(42)33-3/h4-12,17-18H,1,13-16H2,2-3H3,(H,33,42)(H,35,41)(H2,34,36,37,38). The second kappa shape index (κ2) is 13.2. The van der Waals surface area contributed by atoms with Gasteiger partial charge in [-0.2, -0.15) is 18.2 Å². The van der Waals surface area contributed by atoms with E-state index in [1.54, 1.807) is 36.1 Å². The topological polar surface area (TPSA) is 132 Å². The van der Waals surface area contributed by atoms with Gasteiger partial charge >= 0.3 is 6.18 Å². The number of hydrogen-bond acceptors (Lipinski definition) is 8. The maximum absolute atomic E-state index is 13.8. The fourth-order valence-corrected chi connectivity index (χ4v) is 4.47. The van der Waals surface area contributed by atoms with Gasteiger partial charge in [-0.1, -0.05) is 18.7 Å². The number of benzene rings is 2. The normalized spacial score (nSPS) is 14.0. The summed E-state index contributed by atoms with van der Waals surface area (Å²) in [6, 6.07) is 12.7. The molecule has 11 nitrogen and oxygen atoms in total. The summed E-state index contributed by atoms with van der Waals surface area (Å²) in [6.45, 7) is 7.13. The van der Waals surface area contributed by atoms with Crippen LogP contribution in [0.2, 0.25) is 0 Å². The monoisotopic (exact) mass is 596 g/mol. The van der Waals surface area contributed by atoms with Crippen molar-refractivity contribution in [2.24, 2.45) is 0 Å². The molecule has 0 saturated carbocycles. The van der Waals surface area contributed by atoms with E-state index in [9.17, 15) is 27.6 Å². The molecule has 0 radical (unpaired) electrons. The molecule has 1 aromatic heterocycles. The molecule has 4 rings (SSSR count). The number of carbonyl (C=O) groups is 3. The molecule has 43 heavy (non-hydrogen) atoms. The molecule has 1 unspecified atom stereocenters. The Morgan fingerprint density at radius 2 is 1.67 bits per heavy atom. The van der Waals surface area contributed by atoms with Crippen LogP contribution in [-0.4, -0.2) is 71.9 Å². The molecule has 0 aliphatic carbocycles. The molecule has 1 atom stereocenters. The third kappa shape index (κ3) is 7.58. The number of nitrogens with zero attached hydrogens (tertiary/aromatic N) is 4. The van der Waals surface area contributed by atoms with E-state index in [0.29, 0.717) is 38.1 Å². The van der Waals surface area contributed by atoms with Gasteiger partial charge in [0.15, 0.2) is 0 Å². The Kier molecular flexibility index (Phi) is 9.48. The quantitative estimate of drug-likeness (QED) is 0.275. The Bertz CT molecular complexity index is 1490. The molecular formula is C29H31F3N8O3. The Morgan fingerprint density at radius 1 is 1.00 bits per heavy atom. The maximum Gasteiger partial charge on any atom is 0.421 e. The average molecular weight is 597 g/mol. The van der Waals surface area contributed by atoms with Crippen molar-refractivity contribution in [2.45, 2.75) is 19.1 Å². The fourth-order valence-electron chi connectivity index (χ4n) is 4.47. The number of carbonyl (C=O) groups excluding carboxylic acids is 3. The van der Waals surface area contributed by atoms with E-state index < -0.39 is 35.4 Å². The van der Waals surface area contributed by atoms with Gasteiger partial charge in [-0.05, 0) is 49.4 Å². The zero-order valence-corrected chi connectivity index (χ0v) is 23.5. The number of halogens is 3. The molecule has 2 heterocycles. The number of amides is 3. The second-order valence-corrected chi connectivity index (χ2v) is 9.62. The lowest BCUT2D eigenvalue weighted by Gasteiger charge is -2.37. The van der Waals surface area contributed by atoms with E-state index in [-0.39, 0.29) is 23.1 Å². The van der Waals surface area contributed by atoms with Crippen molar-refractivity contribution in [2.75, 3.05) is 48.8 Å². The first-order chi connectivity index (χ1) is 20.5. The predicted octanol–water partition coefficient (Wildman–Crippen LogP) is 3.68. The van der Waals surface area contributed by atoms with Gasteiger partial charge < -0.3 is 31.1 Å². The van der Waals surface area contributed by atoms with E-state index in [1.807, 2.05) is 12.1 Å². The lowest BCUT2D eigenvalue weighted by Crippen LogP contribution is -2.54. The summed E-state index contributed by atoms with van der Waals surface area (Å²) in [7, 11) is 1.42.